The van der Waals surface area contributed by atoms with Crippen molar-refractivity contribution in [3.8, 4) is 17.2 Å². The Kier molecular flexibility index (Phi) is 7.89. The van der Waals surface area contributed by atoms with Crippen LogP contribution in [0.1, 0.15) is 17.3 Å². The number of aromatic nitrogens is 2. The number of methoxy groups -OCH3 is 1. The first kappa shape index (κ1) is 25.9. The Morgan fingerprint density at radius 1 is 0.919 bits per heavy atom. The SMILES string of the molecule is COc1ccc(S(=O)(=O)Nc2ccc(-c3nnc(SCC(=O)Nc4ccc(C(C)=O)cc4)o3)cc2)cc1. The summed E-state index contributed by atoms with van der Waals surface area (Å²) >= 11 is 1.08. The maximum atomic E-state index is 12.6. The summed E-state index contributed by atoms with van der Waals surface area (Å²) in [6.45, 7) is 1.47. The van der Waals surface area contributed by atoms with Gasteiger partial charge in [0.2, 0.25) is 11.8 Å². The molecule has 10 nitrogen and oxygen atoms in total. The predicted molar refractivity (Wildman–Crippen MR) is 139 cm³/mol. The predicted octanol–water partition coefficient (Wildman–Crippen LogP) is 4.48. The lowest BCUT2D eigenvalue weighted by atomic mass is 10.1. The third kappa shape index (κ3) is 6.74. The van der Waals surface area contributed by atoms with Crippen molar-refractivity contribution in [2.75, 3.05) is 22.9 Å². The first-order chi connectivity index (χ1) is 17.7. The lowest BCUT2D eigenvalue weighted by Crippen LogP contribution is -2.14. The van der Waals surface area contributed by atoms with Crippen molar-refractivity contribution in [1.82, 2.24) is 10.2 Å². The van der Waals surface area contributed by atoms with Crippen LogP contribution in [-0.2, 0) is 14.8 Å². The minimum absolute atomic E-state index is 0.0438. The molecule has 4 aromatic rings. The topological polar surface area (TPSA) is 140 Å². The van der Waals surface area contributed by atoms with Crippen LogP contribution in [0.4, 0.5) is 11.4 Å². The molecule has 0 unspecified atom stereocenters. The van der Waals surface area contributed by atoms with Gasteiger partial charge in [-0.3, -0.25) is 14.3 Å². The van der Waals surface area contributed by atoms with E-state index >= 15 is 0 Å². The Balaban J connectivity index is 1.32. The van der Waals surface area contributed by atoms with E-state index < -0.39 is 10.0 Å². The van der Waals surface area contributed by atoms with Gasteiger partial charge < -0.3 is 14.5 Å². The second kappa shape index (κ2) is 11.3. The third-order valence-electron chi connectivity index (χ3n) is 5.06. The molecule has 190 valence electrons. The Morgan fingerprint density at radius 3 is 2.19 bits per heavy atom. The number of carbonyl (C=O) groups is 2. The van der Waals surface area contributed by atoms with Crippen molar-refractivity contribution in [2.45, 2.75) is 17.0 Å². The van der Waals surface area contributed by atoms with Crippen LogP contribution in [0.2, 0.25) is 0 Å². The molecule has 1 heterocycles. The number of sulfonamides is 1. The fraction of sp³-hybridized carbons (Fsp3) is 0.120. The molecule has 0 aliphatic rings. The van der Waals surface area contributed by atoms with Crippen LogP contribution in [0.25, 0.3) is 11.5 Å². The zero-order valence-electron chi connectivity index (χ0n) is 19.8. The highest BCUT2D eigenvalue weighted by atomic mass is 32.2. The second-order valence-corrected chi connectivity index (χ2v) is 10.3. The number of hydrogen-bond donors (Lipinski definition) is 2. The van der Waals surface area contributed by atoms with Gasteiger partial charge in [-0.15, -0.1) is 10.2 Å². The molecule has 0 aliphatic heterocycles. The molecule has 1 aromatic heterocycles. The fourth-order valence-corrected chi connectivity index (χ4v) is 4.77. The maximum Gasteiger partial charge on any atom is 0.277 e. The van der Waals surface area contributed by atoms with Crippen molar-refractivity contribution >= 4 is 44.9 Å². The number of ketones is 1. The molecule has 4 rings (SSSR count). The summed E-state index contributed by atoms with van der Waals surface area (Å²) in [6, 6.07) is 19.1. The minimum Gasteiger partial charge on any atom is -0.497 e. The van der Waals surface area contributed by atoms with Gasteiger partial charge >= 0.3 is 0 Å². The largest absolute Gasteiger partial charge is 0.497 e. The van der Waals surface area contributed by atoms with Crippen molar-refractivity contribution < 1.29 is 27.2 Å². The summed E-state index contributed by atoms with van der Waals surface area (Å²) in [7, 11) is -2.26. The van der Waals surface area contributed by atoms with Gasteiger partial charge in [0.05, 0.1) is 17.8 Å². The van der Waals surface area contributed by atoms with E-state index in [2.05, 4.69) is 20.2 Å². The number of nitrogens with zero attached hydrogens (tertiary/aromatic N) is 2. The number of benzene rings is 3. The molecule has 0 spiro atoms. The Hall–Kier alpha value is -4.16. The average molecular weight is 539 g/mol. The lowest BCUT2D eigenvalue weighted by molar-refractivity contribution is -0.113. The molecule has 37 heavy (non-hydrogen) atoms. The molecule has 0 saturated heterocycles. The van der Waals surface area contributed by atoms with E-state index in [-0.39, 0.29) is 33.5 Å². The maximum absolute atomic E-state index is 12.6. The number of thioether (sulfide) groups is 1. The molecular weight excluding hydrogens is 516 g/mol. The molecule has 2 N–H and O–H groups in total. The van der Waals surface area contributed by atoms with E-state index in [4.69, 9.17) is 9.15 Å². The normalized spacial score (nSPS) is 11.1. The van der Waals surface area contributed by atoms with Gasteiger partial charge in [-0.25, -0.2) is 8.42 Å². The van der Waals surface area contributed by atoms with Gasteiger partial charge in [0.15, 0.2) is 5.78 Å². The van der Waals surface area contributed by atoms with Crippen LogP contribution in [0.5, 0.6) is 5.75 Å². The van der Waals surface area contributed by atoms with E-state index in [0.29, 0.717) is 28.3 Å². The molecule has 0 aliphatic carbocycles. The summed E-state index contributed by atoms with van der Waals surface area (Å²) in [5.41, 5.74) is 2.08. The van der Waals surface area contributed by atoms with E-state index in [1.54, 1.807) is 60.7 Å². The molecular formula is C25H22N4O6S2. The van der Waals surface area contributed by atoms with Crippen molar-refractivity contribution in [3.05, 3.63) is 78.4 Å². The number of hydrogen-bond acceptors (Lipinski definition) is 9. The van der Waals surface area contributed by atoms with Crippen LogP contribution in [-0.4, -0.2) is 43.2 Å². The van der Waals surface area contributed by atoms with E-state index in [1.807, 2.05) is 0 Å². The molecule has 12 heteroatoms. The third-order valence-corrected chi connectivity index (χ3v) is 7.28. The summed E-state index contributed by atoms with van der Waals surface area (Å²) in [4.78, 5) is 23.7. The minimum atomic E-state index is -3.77. The molecule has 0 atom stereocenters. The molecule has 0 bridgehead atoms. The molecule has 3 aromatic carbocycles. The number of nitrogens with one attached hydrogen (secondary N) is 2. The zero-order chi connectivity index (χ0) is 26.4. The number of Topliss-reactive ketones (excluding diaryl/α,β-unsaturated/α-hetero) is 1. The average Bonchev–Trinajstić information content (AvgIpc) is 3.37. The fourth-order valence-electron chi connectivity index (χ4n) is 3.15. The smallest absolute Gasteiger partial charge is 0.277 e. The highest BCUT2D eigenvalue weighted by Gasteiger charge is 2.16. The monoisotopic (exact) mass is 538 g/mol. The zero-order valence-corrected chi connectivity index (χ0v) is 21.4. The van der Waals surface area contributed by atoms with Gasteiger partial charge in [-0.2, -0.15) is 0 Å². The van der Waals surface area contributed by atoms with Gasteiger partial charge in [-0.05, 0) is 79.7 Å². The van der Waals surface area contributed by atoms with Crippen LogP contribution >= 0.6 is 11.8 Å². The van der Waals surface area contributed by atoms with E-state index in [0.717, 1.165) is 11.8 Å². The lowest BCUT2D eigenvalue weighted by Gasteiger charge is -2.09. The molecule has 0 fully saturated rings. The van der Waals surface area contributed by atoms with Crippen molar-refractivity contribution in [1.29, 1.82) is 0 Å². The van der Waals surface area contributed by atoms with E-state index in [9.17, 15) is 18.0 Å². The number of ether oxygens (including phenoxy) is 1. The van der Waals surface area contributed by atoms with Crippen molar-refractivity contribution in [2.24, 2.45) is 0 Å². The first-order valence-electron chi connectivity index (χ1n) is 10.9. The standard InChI is InChI=1S/C25H22N4O6S2/c1-16(30)17-3-7-19(8-4-17)26-23(31)15-36-25-28-27-24(35-25)18-5-9-20(10-6-18)29-37(32,33)22-13-11-21(34-2)12-14-22/h3-14,29H,15H2,1-2H3,(H,26,31). The van der Waals surface area contributed by atoms with Crippen molar-refractivity contribution in [3.63, 3.8) is 0 Å². The number of rotatable bonds is 10. The summed E-state index contributed by atoms with van der Waals surface area (Å²) in [6.07, 6.45) is 0. The van der Waals surface area contributed by atoms with E-state index in [1.165, 1.54) is 26.2 Å². The van der Waals surface area contributed by atoms with Crippen LogP contribution in [0.15, 0.2) is 87.3 Å². The first-order valence-corrected chi connectivity index (χ1v) is 13.3. The molecule has 0 radical (unpaired) electrons. The number of anilines is 2. The number of carbonyl (C=O) groups excluding carboxylic acids is 2. The van der Waals surface area contributed by atoms with Crippen LogP contribution < -0.4 is 14.8 Å². The highest BCUT2D eigenvalue weighted by molar-refractivity contribution is 7.99. The van der Waals surface area contributed by atoms with Gasteiger partial charge in [0.1, 0.15) is 5.75 Å². The Morgan fingerprint density at radius 2 is 1.57 bits per heavy atom. The Labute approximate surface area is 217 Å². The summed E-state index contributed by atoms with van der Waals surface area (Å²) in [5.74, 6) is 0.509. The second-order valence-electron chi connectivity index (χ2n) is 7.70. The van der Waals surface area contributed by atoms with Crippen LogP contribution in [0, 0.1) is 0 Å². The highest BCUT2D eigenvalue weighted by Crippen LogP contribution is 2.26. The summed E-state index contributed by atoms with van der Waals surface area (Å²) < 4.78 is 38.4. The van der Waals surface area contributed by atoms with Gasteiger partial charge in [0.25, 0.3) is 15.2 Å². The molecule has 0 saturated carbocycles. The van der Waals surface area contributed by atoms with Gasteiger partial charge in [0, 0.05) is 22.5 Å². The quantitative estimate of drug-likeness (QED) is 0.221. The molecule has 1 amide bonds. The summed E-state index contributed by atoms with van der Waals surface area (Å²) in [5, 5.41) is 10.9. The Bertz CT molecular complexity index is 1500. The number of amides is 1. The van der Waals surface area contributed by atoms with Gasteiger partial charge in [-0.1, -0.05) is 11.8 Å². The van der Waals surface area contributed by atoms with Crippen LogP contribution in [0.3, 0.4) is 0 Å².